The van der Waals surface area contributed by atoms with Gasteiger partial charge in [0.1, 0.15) is 5.92 Å². The topological polar surface area (TPSA) is 159 Å². The summed E-state index contributed by atoms with van der Waals surface area (Å²) >= 11 is 0. The third-order valence-corrected chi connectivity index (χ3v) is 2.55. The molecule has 1 heterocycles. The highest BCUT2D eigenvalue weighted by atomic mass is 16.2. The van der Waals surface area contributed by atoms with Crippen LogP contribution in [0.2, 0.25) is 0 Å². The van der Waals surface area contributed by atoms with E-state index in [1.54, 1.807) is 0 Å². The van der Waals surface area contributed by atoms with Crippen molar-refractivity contribution in [3.63, 3.8) is 0 Å². The molecule has 1 atom stereocenters. The number of nitrogens with one attached hydrogen (secondary N) is 1. The number of carbonyl (C=O) groups is 3. The molecule has 1 radical (unpaired) electrons. The van der Waals surface area contributed by atoms with E-state index < -0.39 is 23.8 Å². The van der Waals surface area contributed by atoms with Crippen LogP contribution in [0.1, 0.15) is 25.6 Å². The Morgan fingerprint density at radius 3 is 2.60 bits per heavy atom. The van der Waals surface area contributed by atoms with Crippen LogP contribution in [0.15, 0.2) is 0 Å². The Bertz CT molecular complexity index is 513. The standard InChI is InChI=1S/C10H16N7O3/c1-5(8(19)6(11)3-4-7(12)18)9-14-16-17(15-9)10(20)13-2/h6H,3-4,11H2,1-2H3,(H2,12,18)(H,13,20)/t6-/m0/s1. The van der Waals surface area contributed by atoms with Crippen LogP contribution in [-0.4, -0.2) is 51.0 Å². The number of tetrazole rings is 1. The molecule has 109 valence electrons. The minimum atomic E-state index is -0.880. The largest absolute Gasteiger partial charge is 0.370 e. The third-order valence-electron chi connectivity index (χ3n) is 2.55. The van der Waals surface area contributed by atoms with Gasteiger partial charge in [-0.1, -0.05) is 4.80 Å². The Morgan fingerprint density at radius 1 is 1.40 bits per heavy atom. The van der Waals surface area contributed by atoms with E-state index in [2.05, 4.69) is 20.7 Å². The van der Waals surface area contributed by atoms with E-state index in [1.807, 2.05) is 0 Å². The number of primary amides is 1. The molecule has 0 bridgehead atoms. The van der Waals surface area contributed by atoms with Gasteiger partial charge in [-0.3, -0.25) is 9.59 Å². The number of nitrogens with two attached hydrogens (primary N) is 2. The van der Waals surface area contributed by atoms with Crippen LogP contribution >= 0.6 is 0 Å². The van der Waals surface area contributed by atoms with Gasteiger partial charge >= 0.3 is 6.03 Å². The van der Waals surface area contributed by atoms with E-state index >= 15 is 0 Å². The number of aromatic nitrogens is 4. The fourth-order valence-electron chi connectivity index (χ4n) is 1.37. The number of ketones is 1. The molecule has 1 aromatic rings. The zero-order valence-electron chi connectivity index (χ0n) is 11.2. The van der Waals surface area contributed by atoms with Crippen molar-refractivity contribution in [2.45, 2.75) is 25.8 Å². The van der Waals surface area contributed by atoms with Crippen molar-refractivity contribution in [1.82, 2.24) is 25.5 Å². The van der Waals surface area contributed by atoms with E-state index in [-0.39, 0.29) is 24.6 Å². The zero-order chi connectivity index (χ0) is 15.3. The van der Waals surface area contributed by atoms with E-state index in [0.717, 1.165) is 4.80 Å². The van der Waals surface area contributed by atoms with Gasteiger partial charge < -0.3 is 16.8 Å². The van der Waals surface area contributed by atoms with Crippen molar-refractivity contribution >= 4 is 17.7 Å². The lowest BCUT2D eigenvalue weighted by Gasteiger charge is -2.12. The summed E-state index contributed by atoms with van der Waals surface area (Å²) in [7, 11) is 1.41. The summed E-state index contributed by atoms with van der Waals surface area (Å²) in [6.07, 6.45) is 0.146. The van der Waals surface area contributed by atoms with Crippen molar-refractivity contribution in [1.29, 1.82) is 0 Å². The van der Waals surface area contributed by atoms with E-state index in [4.69, 9.17) is 11.5 Å². The maximum atomic E-state index is 12.0. The molecule has 0 aliphatic rings. The fraction of sp³-hybridized carbons (Fsp3) is 0.500. The Hall–Kier alpha value is -2.36. The smallest absolute Gasteiger partial charge is 0.360 e. The molecular weight excluding hydrogens is 266 g/mol. The van der Waals surface area contributed by atoms with Crippen LogP contribution in [-0.2, 0) is 9.59 Å². The SMILES string of the molecule is CNC(=O)n1nnc([C](C)C(=O)[C@@H](N)CCC(N)=O)n1. The van der Waals surface area contributed by atoms with Crippen molar-refractivity contribution in [3.8, 4) is 0 Å². The monoisotopic (exact) mass is 282 g/mol. The second-order valence-corrected chi connectivity index (χ2v) is 4.06. The Balaban J connectivity index is 2.71. The molecule has 10 heteroatoms. The van der Waals surface area contributed by atoms with Gasteiger partial charge in [-0.25, -0.2) is 4.79 Å². The summed E-state index contributed by atoms with van der Waals surface area (Å²) in [6, 6.07) is -1.46. The van der Waals surface area contributed by atoms with E-state index in [9.17, 15) is 14.4 Å². The molecular formula is C10H16N7O3. The van der Waals surface area contributed by atoms with Gasteiger partial charge in [-0.15, -0.1) is 10.2 Å². The highest BCUT2D eigenvalue weighted by Crippen LogP contribution is 2.12. The molecule has 1 rings (SSSR count). The average molecular weight is 282 g/mol. The van der Waals surface area contributed by atoms with Crippen molar-refractivity contribution in [3.05, 3.63) is 11.7 Å². The lowest BCUT2D eigenvalue weighted by molar-refractivity contribution is -0.119. The summed E-state index contributed by atoms with van der Waals surface area (Å²) in [5.74, 6) is -0.789. The molecule has 0 spiro atoms. The second-order valence-electron chi connectivity index (χ2n) is 4.06. The van der Waals surface area contributed by atoms with Crippen LogP contribution < -0.4 is 16.8 Å². The predicted octanol–water partition coefficient (Wildman–Crippen LogP) is -2.04. The Labute approximate surface area is 114 Å². The van der Waals surface area contributed by atoms with Crippen LogP contribution in [0.5, 0.6) is 0 Å². The minimum absolute atomic E-state index is 0.00752. The van der Waals surface area contributed by atoms with Gasteiger partial charge in [0.05, 0.1) is 6.04 Å². The molecule has 0 saturated carbocycles. The zero-order valence-corrected chi connectivity index (χ0v) is 11.2. The summed E-state index contributed by atoms with van der Waals surface area (Å²) in [6.45, 7) is 1.47. The quantitative estimate of drug-likeness (QED) is 0.542. The maximum absolute atomic E-state index is 12.0. The van der Waals surface area contributed by atoms with Crippen molar-refractivity contribution < 1.29 is 14.4 Å². The molecule has 0 unspecified atom stereocenters. The van der Waals surface area contributed by atoms with Gasteiger partial charge in [0, 0.05) is 13.5 Å². The minimum Gasteiger partial charge on any atom is -0.370 e. The van der Waals surface area contributed by atoms with Crippen LogP contribution in [0.4, 0.5) is 4.79 Å². The maximum Gasteiger partial charge on any atom is 0.360 e. The lowest BCUT2D eigenvalue weighted by atomic mass is 9.96. The second kappa shape index (κ2) is 6.70. The van der Waals surface area contributed by atoms with Gasteiger partial charge in [0.2, 0.25) is 5.91 Å². The number of carbonyl (C=O) groups excluding carboxylic acids is 3. The van der Waals surface area contributed by atoms with Crippen LogP contribution in [0, 0.1) is 5.92 Å². The van der Waals surface area contributed by atoms with Gasteiger partial charge in [-0.05, 0) is 18.6 Å². The first kappa shape index (κ1) is 15.7. The Kier molecular flexibility index (Phi) is 5.26. The summed E-state index contributed by atoms with van der Waals surface area (Å²) < 4.78 is 0. The fourth-order valence-corrected chi connectivity index (χ4v) is 1.37. The molecule has 0 aliphatic carbocycles. The van der Waals surface area contributed by atoms with Crippen molar-refractivity contribution in [2.75, 3.05) is 7.05 Å². The molecule has 0 fully saturated rings. The van der Waals surface area contributed by atoms with Gasteiger partial charge in [0.25, 0.3) is 0 Å². The highest BCUT2D eigenvalue weighted by molar-refractivity contribution is 5.98. The predicted molar refractivity (Wildman–Crippen MR) is 67.1 cm³/mol. The normalized spacial score (nSPS) is 12.2. The summed E-state index contributed by atoms with van der Waals surface area (Å²) in [5.41, 5.74) is 10.6. The van der Waals surface area contributed by atoms with E-state index in [0.29, 0.717) is 0 Å². The molecule has 0 aromatic carbocycles. The molecule has 10 nitrogen and oxygen atoms in total. The first-order valence-electron chi connectivity index (χ1n) is 5.81. The molecule has 0 saturated heterocycles. The average Bonchev–Trinajstić information content (AvgIpc) is 2.91. The number of hydrogen-bond acceptors (Lipinski definition) is 7. The molecule has 0 aliphatic heterocycles. The number of Topliss-reactive ketones (excluding diaryl/α,β-unsaturated/α-hetero) is 1. The van der Waals surface area contributed by atoms with Crippen molar-refractivity contribution in [2.24, 2.45) is 11.5 Å². The Morgan fingerprint density at radius 2 is 2.05 bits per heavy atom. The summed E-state index contributed by atoms with van der Waals surface area (Å²) in [4.78, 5) is 34.6. The number of amides is 2. The van der Waals surface area contributed by atoms with Crippen LogP contribution in [0.3, 0.4) is 0 Å². The molecule has 20 heavy (non-hydrogen) atoms. The first-order valence-corrected chi connectivity index (χ1v) is 5.81. The number of rotatable bonds is 6. The third kappa shape index (κ3) is 3.82. The highest BCUT2D eigenvalue weighted by Gasteiger charge is 2.27. The molecule has 1 aromatic heterocycles. The lowest BCUT2D eigenvalue weighted by Crippen LogP contribution is -2.35. The van der Waals surface area contributed by atoms with Gasteiger partial charge in [-0.2, -0.15) is 0 Å². The first-order chi connectivity index (χ1) is 9.36. The number of hydrogen-bond donors (Lipinski definition) is 3. The summed E-state index contributed by atoms with van der Waals surface area (Å²) in [5, 5.41) is 13.2. The number of nitrogens with zero attached hydrogens (tertiary/aromatic N) is 4. The van der Waals surface area contributed by atoms with E-state index in [1.165, 1.54) is 14.0 Å². The molecule has 2 amide bonds. The van der Waals surface area contributed by atoms with Crippen LogP contribution in [0.25, 0.3) is 0 Å². The molecule has 5 N–H and O–H groups in total. The van der Waals surface area contributed by atoms with Gasteiger partial charge in [0.15, 0.2) is 11.6 Å².